The molecule has 3 aromatic rings. The fraction of sp³-hybridized carbons (Fsp3) is 0.222. The molecule has 10 heteroatoms. The second-order valence-electron chi connectivity index (χ2n) is 6.37. The number of aromatic nitrogens is 3. The molecule has 0 radical (unpaired) electrons. The topological polar surface area (TPSA) is 109 Å². The number of rotatable bonds is 3. The third kappa shape index (κ3) is 3.25. The van der Waals surface area contributed by atoms with Crippen LogP contribution in [0.5, 0.6) is 0 Å². The first-order valence-corrected chi connectivity index (χ1v) is 11.1. The van der Waals surface area contributed by atoms with E-state index in [0.717, 1.165) is 27.4 Å². The number of sulfonamides is 1. The minimum Gasteiger partial charge on any atom is -0.411 e. The van der Waals surface area contributed by atoms with Crippen LogP contribution in [0.3, 0.4) is 0 Å². The van der Waals surface area contributed by atoms with Gasteiger partial charge in [0, 0.05) is 30.9 Å². The van der Waals surface area contributed by atoms with Gasteiger partial charge in [0.25, 0.3) is 0 Å². The lowest BCUT2D eigenvalue weighted by Crippen LogP contribution is -2.37. The van der Waals surface area contributed by atoms with Gasteiger partial charge in [0.05, 0.1) is 28.2 Å². The minimum atomic E-state index is -3.45. The molecule has 0 unspecified atom stereocenters. The van der Waals surface area contributed by atoms with E-state index in [2.05, 4.69) is 20.1 Å². The zero-order chi connectivity index (χ0) is 19.9. The monoisotopic (exact) mass is 415 g/mol. The highest BCUT2D eigenvalue weighted by Gasteiger charge is 2.29. The predicted molar refractivity (Wildman–Crippen MR) is 108 cm³/mol. The highest BCUT2D eigenvalue weighted by atomic mass is 32.2. The molecule has 4 rings (SSSR count). The highest BCUT2D eigenvalue weighted by Crippen LogP contribution is 2.36. The number of oxime groups is 1. The van der Waals surface area contributed by atoms with Crippen molar-refractivity contribution in [2.45, 2.75) is 13.3 Å². The molecule has 0 bridgehead atoms. The fourth-order valence-electron chi connectivity index (χ4n) is 3.13. The molecule has 4 heterocycles. The lowest BCUT2D eigenvalue weighted by Gasteiger charge is -2.28. The van der Waals surface area contributed by atoms with Gasteiger partial charge >= 0.3 is 0 Å². The standard InChI is InChI=1S/C18H17N5O3S2/c1-11-17(27-18(20-11)12-4-3-8-19-10-12)14-5-6-15-16(21-14)13(22-24)7-9-23(15)28(2,25)26/h3-6,8,10,24H,7,9H2,1-2H3/b22-13+. The lowest BCUT2D eigenvalue weighted by atomic mass is 10.1. The van der Waals surface area contributed by atoms with Crippen LogP contribution < -0.4 is 4.31 Å². The second-order valence-corrected chi connectivity index (χ2v) is 9.28. The van der Waals surface area contributed by atoms with Gasteiger partial charge in [-0.25, -0.2) is 18.4 Å². The van der Waals surface area contributed by atoms with Crippen molar-refractivity contribution in [3.63, 3.8) is 0 Å². The summed E-state index contributed by atoms with van der Waals surface area (Å²) in [5, 5.41) is 13.5. The number of thiazole rings is 1. The number of nitrogens with zero attached hydrogens (tertiary/aromatic N) is 5. The molecule has 0 saturated heterocycles. The van der Waals surface area contributed by atoms with Crippen LogP contribution in [0, 0.1) is 6.92 Å². The van der Waals surface area contributed by atoms with Crippen molar-refractivity contribution < 1.29 is 13.6 Å². The minimum absolute atomic E-state index is 0.219. The van der Waals surface area contributed by atoms with E-state index in [4.69, 9.17) is 0 Å². The number of anilines is 1. The molecule has 8 nitrogen and oxygen atoms in total. The maximum Gasteiger partial charge on any atom is 0.232 e. The average molecular weight is 416 g/mol. The van der Waals surface area contributed by atoms with Gasteiger partial charge in [-0.1, -0.05) is 5.16 Å². The number of aryl methyl sites for hydroxylation is 1. The molecule has 0 aliphatic carbocycles. The quantitative estimate of drug-likeness (QED) is 0.520. The second kappa shape index (κ2) is 6.95. The molecule has 0 aromatic carbocycles. The van der Waals surface area contributed by atoms with Gasteiger partial charge in [-0.2, -0.15) is 0 Å². The summed E-state index contributed by atoms with van der Waals surface area (Å²) in [5.74, 6) is 0. The van der Waals surface area contributed by atoms with E-state index in [9.17, 15) is 13.6 Å². The Labute approximate surface area is 166 Å². The SMILES string of the molecule is Cc1nc(-c2cccnc2)sc1-c1ccc2c(n1)/C(=N/O)CCN2S(C)(=O)=O. The molecule has 0 atom stereocenters. The zero-order valence-electron chi connectivity index (χ0n) is 15.2. The third-order valence-corrected chi connectivity index (χ3v) is 6.84. The molecule has 1 aliphatic rings. The first-order chi connectivity index (χ1) is 13.4. The Kier molecular flexibility index (Phi) is 4.60. The summed E-state index contributed by atoms with van der Waals surface area (Å²) < 4.78 is 25.5. The van der Waals surface area contributed by atoms with Crippen LogP contribution in [-0.4, -0.2) is 47.1 Å². The summed E-state index contributed by atoms with van der Waals surface area (Å²) in [6, 6.07) is 7.26. The summed E-state index contributed by atoms with van der Waals surface area (Å²) in [4.78, 5) is 14.2. The Balaban J connectivity index is 1.82. The Morgan fingerprint density at radius 1 is 1.25 bits per heavy atom. The van der Waals surface area contributed by atoms with Gasteiger partial charge in [0.2, 0.25) is 10.0 Å². The van der Waals surface area contributed by atoms with Gasteiger partial charge in [0.15, 0.2) is 0 Å². The summed E-state index contributed by atoms with van der Waals surface area (Å²) in [6.45, 7) is 2.12. The molecule has 0 fully saturated rings. The summed E-state index contributed by atoms with van der Waals surface area (Å²) in [5.41, 5.74) is 3.54. The van der Waals surface area contributed by atoms with Gasteiger partial charge in [-0.05, 0) is 31.2 Å². The molecular formula is C18H17N5O3S2. The molecule has 0 saturated carbocycles. The lowest BCUT2D eigenvalue weighted by molar-refractivity contribution is 0.317. The van der Waals surface area contributed by atoms with Crippen molar-refractivity contribution in [2.24, 2.45) is 5.16 Å². The van der Waals surface area contributed by atoms with E-state index in [1.807, 2.05) is 19.1 Å². The van der Waals surface area contributed by atoms with Crippen molar-refractivity contribution in [1.29, 1.82) is 0 Å². The molecule has 1 aliphatic heterocycles. The van der Waals surface area contributed by atoms with Crippen LogP contribution in [-0.2, 0) is 10.0 Å². The van der Waals surface area contributed by atoms with E-state index >= 15 is 0 Å². The molecule has 3 aromatic heterocycles. The predicted octanol–water partition coefficient (Wildman–Crippen LogP) is 2.92. The Morgan fingerprint density at radius 3 is 2.75 bits per heavy atom. The van der Waals surface area contributed by atoms with Crippen molar-refractivity contribution in [2.75, 3.05) is 17.1 Å². The fourth-order valence-corrected chi connectivity index (χ4v) is 5.08. The number of fused-ring (bicyclic) bond motifs is 1. The molecule has 1 N–H and O–H groups in total. The van der Waals surface area contributed by atoms with Crippen molar-refractivity contribution >= 4 is 32.8 Å². The summed E-state index contributed by atoms with van der Waals surface area (Å²) in [6.07, 6.45) is 4.90. The normalized spacial score (nSPS) is 15.6. The van der Waals surface area contributed by atoms with Gasteiger partial charge in [-0.15, -0.1) is 11.3 Å². The van der Waals surface area contributed by atoms with Crippen molar-refractivity contribution in [3.8, 4) is 21.1 Å². The van der Waals surface area contributed by atoms with Gasteiger partial charge in [-0.3, -0.25) is 9.29 Å². The van der Waals surface area contributed by atoms with Crippen molar-refractivity contribution in [3.05, 3.63) is 48.0 Å². The number of pyridine rings is 2. The van der Waals surface area contributed by atoms with Crippen LogP contribution in [0.1, 0.15) is 17.8 Å². The third-order valence-electron chi connectivity index (χ3n) is 4.43. The van der Waals surface area contributed by atoms with Gasteiger partial charge in [0.1, 0.15) is 16.4 Å². The van der Waals surface area contributed by atoms with Gasteiger partial charge < -0.3 is 5.21 Å². The number of hydrogen-bond donors (Lipinski definition) is 1. The smallest absolute Gasteiger partial charge is 0.232 e. The average Bonchev–Trinajstić information content (AvgIpc) is 3.08. The van der Waals surface area contributed by atoms with E-state index < -0.39 is 10.0 Å². The molecule has 0 spiro atoms. The zero-order valence-corrected chi connectivity index (χ0v) is 16.8. The maximum absolute atomic E-state index is 12.1. The Hall–Kier alpha value is -2.85. The largest absolute Gasteiger partial charge is 0.411 e. The Morgan fingerprint density at radius 2 is 2.07 bits per heavy atom. The molecule has 0 amide bonds. The van der Waals surface area contributed by atoms with E-state index in [1.165, 1.54) is 15.6 Å². The Bertz CT molecular complexity index is 1170. The van der Waals surface area contributed by atoms with Crippen LogP contribution in [0.15, 0.2) is 41.8 Å². The molecule has 28 heavy (non-hydrogen) atoms. The first-order valence-electron chi connectivity index (χ1n) is 8.46. The number of hydrogen-bond acceptors (Lipinski definition) is 8. The van der Waals surface area contributed by atoms with Crippen molar-refractivity contribution in [1.82, 2.24) is 15.0 Å². The van der Waals surface area contributed by atoms with Crippen LogP contribution >= 0.6 is 11.3 Å². The molecular weight excluding hydrogens is 398 g/mol. The summed E-state index contributed by atoms with van der Waals surface area (Å²) in [7, 11) is -3.45. The van der Waals surface area contributed by atoms with E-state index in [1.54, 1.807) is 24.5 Å². The van der Waals surface area contributed by atoms with E-state index in [0.29, 0.717) is 22.8 Å². The van der Waals surface area contributed by atoms with Crippen LogP contribution in [0.2, 0.25) is 0 Å². The van der Waals surface area contributed by atoms with E-state index in [-0.39, 0.29) is 13.0 Å². The summed E-state index contributed by atoms with van der Waals surface area (Å²) >= 11 is 1.48. The van der Waals surface area contributed by atoms with Crippen LogP contribution in [0.4, 0.5) is 5.69 Å². The molecule has 144 valence electrons. The highest BCUT2D eigenvalue weighted by molar-refractivity contribution is 7.92. The first kappa shape index (κ1) is 18.5. The van der Waals surface area contributed by atoms with Crippen LogP contribution in [0.25, 0.3) is 21.1 Å². The maximum atomic E-state index is 12.1.